The van der Waals surface area contributed by atoms with Gasteiger partial charge < -0.3 is 15.8 Å². The minimum Gasteiger partial charge on any atom is -0.376 e. The third-order valence-electron chi connectivity index (χ3n) is 2.82. The lowest BCUT2D eigenvalue weighted by Crippen LogP contribution is -2.40. The molecule has 0 saturated carbocycles. The van der Waals surface area contributed by atoms with Gasteiger partial charge in [-0.2, -0.15) is 0 Å². The van der Waals surface area contributed by atoms with Crippen molar-refractivity contribution in [1.29, 1.82) is 0 Å². The molecule has 3 N–H and O–H groups in total. The molecule has 2 atom stereocenters. The van der Waals surface area contributed by atoms with Crippen LogP contribution in [0.1, 0.15) is 18.0 Å². The van der Waals surface area contributed by atoms with E-state index in [9.17, 15) is 0 Å². The second-order valence-corrected chi connectivity index (χ2v) is 4.53. The fourth-order valence-corrected chi connectivity index (χ4v) is 2.03. The van der Waals surface area contributed by atoms with Gasteiger partial charge in [-0.25, -0.2) is 0 Å². The highest BCUT2D eigenvalue weighted by molar-refractivity contribution is 6.30. The summed E-state index contributed by atoms with van der Waals surface area (Å²) in [7, 11) is 0. The summed E-state index contributed by atoms with van der Waals surface area (Å²) in [6.45, 7) is 2.60. The maximum absolute atomic E-state index is 6.13. The highest BCUT2D eigenvalue weighted by Gasteiger charge is 2.17. The average Bonchev–Trinajstić information content (AvgIpc) is 2.31. The van der Waals surface area contributed by atoms with Crippen molar-refractivity contribution in [2.24, 2.45) is 5.73 Å². The fourth-order valence-electron chi connectivity index (χ4n) is 1.90. The van der Waals surface area contributed by atoms with E-state index >= 15 is 0 Å². The van der Waals surface area contributed by atoms with Crippen LogP contribution in [-0.4, -0.2) is 25.8 Å². The van der Waals surface area contributed by atoms with Gasteiger partial charge in [0.1, 0.15) is 0 Å². The first-order valence-electron chi connectivity index (χ1n) is 5.59. The minimum atomic E-state index is 0.0159. The van der Waals surface area contributed by atoms with E-state index in [1.165, 1.54) is 0 Å². The largest absolute Gasteiger partial charge is 0.376 e. The van der Waals surface area contributed by atoms with E-state index in [0.717, 1.165) is 36.7 Å². The number of hydrogen-bond donors (Lipinski definition) is 2. The molecule has 4 heteroatoms. The van der Waals surface area contributed by atoms with E-state index in [-0.39, 0.29) is 12.1 Å². The van der Waals surface area contributed by atoms with Crippen molar-refractivity contribution < 1.29 is 4.74 Å². The number of hydrogen-bond acceptors (Lipinski definition) is 3. The molecule has 0 aromatic heterocycles. The Balaban J connectivity index is 1.91. The molecule has 3 nitrogen and oxygen atoms in total. The maximum atomic E-state index is 6.13. The second-order valence-electron chi connectivity index (χ2n) is 4.09. The van der Waals surface area contributed by atoms with E-state index in [1.807, 2.05) is 24.3 Å². The molecule has 0 spiro atoms. The highest BCUT2D eigenvalue weighted by Crippen LogP contribution is 2.19. The maximum Gasteiger partial charge on any atom is 0.0718 e. The molecule has 1 saturated heterocycles. The van der Waals surface area contributed by atoms with Crippen LogP contribution in [0, 0.1) is 0 Å². The molecule has 0 aliphatic carbocycles. The third kappa shape index (κ3) is 3.19. The van der Waals surface area contributed by atoms with Crippen LogP contribution in [0.15, 0.2) is 24.3 Å². The Labute approximate surface area is 101 Å². The van der Waals surface area contributed by atoms with Gasteiger partial charge in [0.2, 0.25) is 0 Å². The smallest absolute Gasteiger partial charge is 0.0718 e. The Bertz CT molecular complexity index is 322. The van der Waals surface area contributed by atoms with Gasteiger partial charge in [0, 0.05) is 24.2 Å². The Morgan fingerprint density at radius 1 is 1.44 bits per heavy atom. The van der Waals surface area contributed by atoms with Gasteiger partial charge in [-0.05, 0) is 24.1 Å². The predicted molar refractivity (Wildman–Crippen MR) is 65.6 cm³/mol. The molecule has 16 heavy (non-hydrogen) atoms. The Kier molecular flexibility index (Phi) is 4.18. The van der Waals surface area contributed by atoms with Gasteiger partial charge in [0.05, 0.1) is 12.7 Å². The molecule has 1 fully saturated rings. The Hall–Kier alpha value is -0.610. The van der Waals surface area contributed by atoms with Crippen LogP contribution in [0.5, 0.6) is 0 Å². The van der Waals surface area contributed by atoms with Crippen molar-refractivity contribution in [3.8, 4) is 0 Å². The van der Waals surface area contributed by atoms with Crippen LogP contribution in [-0.2, 0) is 4.74 Å². The van der Waals surface area contributed by atoms with Crippen LogP contribution in [0.3, 0.4) is 0 Å². The van der Waals surface area contributed by atoms with Gasteiger partial charge in [0.25, 0.3) is 0 Å². The third-order valence-corrected chi connectivity index (χ3v) is 3.07. The van der Waals surface area contributed by atoms with Gasteiger partial charge in [-0.15, -0.1) is 0 Å². The summed E-state index contributed by atoms with van der Waals surface area (Å²) >= 11 is 5.83. The summed E-state index contributed by atoms with van der Waals surface area (Å²) in [5, 5.41) is 4.04. The summed E-state index contributed by atoms with van der Waals surface area (Å²) in [5.41, 5.74) is 7.23. The van der Waals surface area contributed by atoms with E-state index in [2.05, 4.69) is 5.32 Å². The quantitative estimate of drug-likeness (QED) is 0.846. The molecule has 1 aromatic rings. The first kappa shape index (κ1) is 11.9. The molecular weight excluding hydrogens is 224 g/mol. The van der Waals surface area contributed by atoms with Crippen molar-refractivity contribution in [2.45, 2.75) is 18.6 Å². The standard InChI is InChI=1S/C12H17ClN2O/c13-10-3-1-9(2-4-10)12(14)7-11-8-15-5-6-16-11/h1-4,11-12,15H,5-8,14H2. The van der Waals surface area contributed by atoms with Gasteiger partial charge >= 0.3 is 0 Å². The van der Waals surface area contributed by atoms with Crippen LogP contribution in [0.2, 0.25) is 5.02 Å². The van der Waals surface area contributed by atoms with Crippen molar-refractivity contribution >= 4 is 11.6 Å². The summed E-state index contributed by atoms with van der Waals surface area (Å²) in [6.07, 6.45) is 1.06. The van der Waals surface area contributed by atoms with Crippen LogP contribution in [0.4, 0.5) is 0 Å². The number of rotatable bonds is 3. The molecule has 0 bridgehead atoms. The number of halogens is 1. The topological polar surface area (TPSA) is 47.3 Å². The normalized spacial score (nSPS) is 23.0. The van der Waals surface area contributed by atoms with Crippen molar-refractivity contribution in [1.82, 2.24) is 5.32 Å². The lowest BCUT2D eigenvalue weighted by molar-refractivity contribution is 0.0195. The Morgan fingerprint density at radius 3 is 2.81 bits per heavy atom. The Morgan fingerprint density at radius 2 is 2.19 bits per heavy atom. The number of nitrogens with one attached hydrogen (secondary N) is 1. The zero-order chi connectivity index (χ0) is 11.4. The van der Waals surface area contributed by atoms with E-state index in [4.69, 9.17) is 22.1 Å². The minimum absolute atomic E-state index is 0.0159. The van der Waals surface area contributed by atoms with Gasteiger partial charge in [-0.1, -0.05) is 23.7 Å². The van der Waals surface area contributed by atoms with Gasteiger partial charge in [0.15, 0.2) is 0 Å². The van der Waals surface area contributed by atoms with E-state index < -0.39 is 0 Å². The lowest BCUT2D eigenvalue weighted by atomic mass is 10.0. The summed E-state index contributed by atoms with van der Waals surface area (Å²) in [4.78, 5) is 0. The van der Waals surface area contributed by atoms with Gasteiger partial charge in [-0.3, -0.25) is 0 Å². The number of ether oxygens (including phenoxy) is 1. The van der Waals surface area contributed by atoms with Crippen LogP contribution in [0.25, 0.3) is 0 Å². The highest BCUT2D eigenvalue weighted by atomic mass is 35.5. The average molecular weight is 241 g/mol. The molecule has 88 valence electrons. The lowest BCUT2D eigenvalue weighted by Gasteiger charge is -2.26. The first-order chi connectivity index (χ1) is 7.75. The second kappa shape index (κ2) is 5.64. The van der Waals surface area contributed by atoms with Crippen molar-refractivity contribution in [3.63, 3.8) is 0 Å². The predicted octanol–water partition coefficient (Wildman–Crippen LogP) is 1.72. The summed E-state index contributed by atoms with van der Waals surface area (Å²) in [5.74, 6) is 0. The monoisotopic (exact) mass is 240 g/mol. The summed E-state index contributed by atoms with van der Waals surface area (Å²) in [6, 6.07) is 7.71. The molecule has 1 heterocycles. The van der Waals surface area contributed by atoms with E-state index in [0.29, 0.717) is 0 Å². The van der Waals surface area contributed by atoms with Crippen molar-refractivity contribution in [2.75, 3.05) is 19.7 Å². The molecule has 2 rings (SSSR count). The molecule has 0 amide bonds. The zero-order valence-electron chi connectivity index (χ0n) is 9.16. The fraction of sp³-hybridized carbons (Fsp3) is 0.500. The number of nitrogens with two attached hydrogens (primary N) is 1. The molecule has 1 aliphatic rings. The van der Waals surface area contributed by atoms with Crippen LogP contribution >= 0.6 is 11.6 Å². The molecular formula is C12H17ClN2O. The summed E-state index contributed by atoms with van der Waals surface area (Å²) < 4.78 is 5.63. The molecule has 2 unspecified atom stereocenters. The van der Waals surface area contributed by atoms with E-state index in [1.54, 1.807) is 0 Å². The SMILES string of the molecule is NC(CC1CNCCO1)c1ccc(Cl)cc1. The molecule has 0 radical (unpaired) electrons. The molecule has 1 aromatic carbocycles. The van der Waals surface area contributed by atoms with Crippen molar-refractivity contribution in [3.05, 3.63) is 34.9 Å². The molecule has 1 aliphatic heterocycles. The number of benzene rings is 1. The zero-order valence-corrected chi connectivity index (χ0v) is 9.91. The number of morpholine rings is 1. The van der Waals surface area contributed by atoms with Crippen LogP contribution < -0.4 is 11.1 Å². The first-order valence-corrected chi connectivity index (χ1v) is 5.97.